The van der Waals surface area contributed by atoms with Crippen molar-refractivity contribution in [1.29, 1.82) is 0 Å². The number of carbonyl (C=O) groups excluding carboxylic acids is 4. The zero-order chi connectivity index (χ0) is 15.1. The minimum absolute atomic E-state index is 0.0293. The summed E-state index contributed by atoms with van der Waals surface area (Å²) in [4.78, 5) is 64.1. The van der Waals surface area contributed by atoms with Gasteiger partial charge in [-0.15, -0.1) is 19.8 Å². The smallest absolute Gasteiger partial charge is 0.276 e. The highest BCUT2D eigenvalue weighted by atomic mass is 16.3. The number of carbonyl (C=O) groups is 4. The van der Waals surface area contributed by atoms with Gasteiger partial charge in [-0.05, 0) is 24.3 Å². The molecule has 20 heavy (non-hydrogen) atoms. The summed E-state index contributed by atoms with van der Waals surface area (Å²) in [7, 11) is 0. The lowest BCUT2D eigenvalue weighted by Crippen LogP contribution is -2.25. The maximum atomic E-state index is 11.5. The van der Waals surface area contributed by atoms with Crippen molar-refractivity contribution >= 4 is 24.6 Å². The van der Waals surface area contributed by atoms with Crippen molar-refractivity contribution in [2.24, 2.45) is 10.6 Å². The molecule has 0 heterocycles. The second-order valence-corrected chi connectivity index (χ2v) is 3.25. The first-order valence-corrected chi connectivity index (χ1v) is 4.93. The van der Waals surface area contributed by atoms with Crippen LogP contribution in [0.4, 0.5) is 0 Å². The predicted octanol–water partition coefficient (Wildman–Crippen LogP) is 0.247. The van der Waals surface area contributed by atoms with Crippen molar-refractivity contribution in [3.63, 3.8) is 0 Å². The summed E-state index contributed by atoms with van der Waals surface area (Å²) in [6, 6.07) is 4.46. The summed E-state index contributed by atoms with van der Waals surface area (Å²) in [5.41, 5.74) is -0.185. The lowest BCUT2D eigenvalue weighted by atomic mass is 10.1. The summed E-state index contributed by atoms with van der Waals surface area (Å²) in [5.74, 6) is -1.98. The van der Waals surface area contributed by atoms with Gasteiger partial charge in [0.1, 0.15) is 0 Å². The van der Waals surface area contributed by atoms with Gasteiger partial charge in [-0.25, -0.2) is 0 Å². The molecule has 0 unspecified atom stereocenters. The van der Waals surface area contributed by atoms with E-state index in [-0.39, 0.29) is 34.0 Å². The lowest BCUT2D eigenvalue weighted by Gasteiger charge is -2.07. The van der Waals surface area contributed by atoms with E-state index in [2.05, 4.69) is 10.6 Å². The number of rotatable bonds is 6. The summed E-state index contributed by atoms with van der Waals surface area (Å²) >= 11 is 0. The minimum Gasteiger partial charge on any atom is -0.276 e. The molecule has 102 valence electrons. The van der Waals surface area contributed by atoms with Gasteiger partial charge in [-0.1, -0.05) is 0 Å². The number of amides is 4. The number of nitrogens with zero attached hydrogens (tertiary/aromatic N) is 4. The Morgan fingerprint density at radius 2 is 1.10 bits per heavy atom. The average molecular weight is 278 g/mol. The molecule has 1 aromatic carbocycles. The molecular weight excluding hydrogens is 272 g/mol. The summed E-state index contributed by atoms with van der Waals surface area (Å²) in [6.45, 7) is 0. The van der Waals surface area contributed by atoms with Crippen molar-refractivity contribution < 1.29 is 19.2 Å². The Kier molecular flexibility index (Phi) is 4.86. The molecule has 10 nitrogen and oxygen atoms in total. The van der Waals surface area contributed by atoms with Gasteiger partial charge < -0.3 is 0 Å². The Hall–Kier alpha value is -3.30. The van der Waals surface area contributed by atoms with Crippen molar-refractivity contribution in [1.82, 2.24) is 10.0 Å². The zero-order valence-corrected chi connectivity index (χ0v) is 9.70. The Balaban J connectivity index is 2.99. The van der Waals surface area contributed by atoms with Crippen LogP contribution in [0.25, 0.3) is 0 Å². The molecule has 10 heteroatoms. The number of hydrogen-bond donors (Lipinski definition) is 0. The molecule has 0 saturated carbocycles. The highest BCUT2D eigenvalue weighted by molar-refractivity contribution is 6.02. The molecule has 0 fully saturated rings. The molecule has 1 aromatic rings. The first-order chi connectivity index (χ1) is 9.58. The van der Waals surface area contributed by atoms with Crippen LogP contribution in [0, 0.1) is 9.81 Å². The van der Waals surface area contributed by atoms with Crippen LogP contribution < -0.4 is 0 Å². The second-order valence-electron chi connectivity index (χ2n) is 3.25. The zero-order valence-electron chi connectivity index (χ0n) is 9.70. The average Bonchev–Trinajstić information content (AvgIpc) is 2.49. The molecule has 0 N–H and O–H groups in total. The molecule has 1 rings (SSSR count). The largest absolute Gasteiger partial charge is 0.283 e. The van der Waals surface area contributed by atoms with Crippen LogP contribution >= 0.6 is 0 Å². The van der Waals surface area contributed by atoms with Crippen molar-refractivity contribution in [2.45, 2.75) is 0 Å². The molecule has 4 amide bonds. The fraction of sp³-hybridized carbons (Fsp3) is 0. The summed E-state index contributed by atoms with van der Waals surface area (Å²) in [6.07, 6.45) is -0.141. The monoisotopic (exact) mass is 278 g/mol. The van der Waals surface area contributed by atoms with E-state index in [4.69, 9.17) is 0 Å². The molecule has 0 aliphatic heterocycles. The molecule has 0 radical (unpaired) electrons. The van der Waals surface area contributed by atoms with Gasteiger partial charge in [-0.2, -0.15) is 0 Å². The third-order valence-electron chi connectivity index (χ3n) is 2.17. The standard InChI is InChI=1S/C10H6N4O6/c15-5-13(11-19)9(17)7-1-2-8(4-3-7)10(18)14(6-16)12-20/h1-6H. The van der Waals surface area contributed by atoms with Gasteiger partial charge in [-0.3, -0.25) is 19.2 Å². The molecular formula is C10H6N4O6. The van der Waals surface area contributed by atoms with Crippen LogP contribution in [0.5, 0.6) is 0 Å². The normalized spacial score (nSPS) is 9.20. The molecule has 0 aromatic heterocycles. The Labute approximate surface area is 110 Å². The van der Waals surface area contributed by atoms with Crippen LogP contribution in [-0.4, -0.2) is 34.7 Å². The van der Waals surface area contributed by atoms with E-state index in [9.17, 15) is 29.0 Å². The SMILES string of the molecule is O=CN(N=O)C(=O)c1ccc(C(=O)N(C=O)N=O)cc1. The lowest BCUT2D eigenvalue weighted by molar-refractivity contribution is -0.117. The fourth-order valence-corrected chi connectivity index (χ4v) is 1.23. The van der Waals surface area contributed by atoms with Crippen molar-refractivity contribution in [2.75, 3.05) is 0 Å². The van der Waals surface area contributed by atoms with Gasteiger partial charge in [0.2, 0.25) is 12.8 Å². The Bertz CT molecular complexity index is 503. The quantitative estimate of drug-likeness (QED) is 0.415. The Morgan fingerprint density at radius 3 is 1.30 bits per heavy atom. The van der Waals surface area contributed by atoms with Gasteiger partial charge >= 0.3 is 0 Å². The Morgan fingerprint density at radius 1 is 0.800 bits per heavy atom. The van der Waals surface area contributed by atoms with E-state index in [1.807, 2.05) is 0 Å². The molecule has 0 saturated heterocycles. The van der Waals surface area contributed by atoms with E-state index >= 15 is 0 Å². The highest BCUT2D eigenvalue weighted by Crippen LogP contribution is 2.09. The van der Waals surface area contributed by atoms with Crippen LogP contribution in [0.3, 0.4) is 0 Å². The van der Waals surface area contributed by atoms with Gasteiger partial charge in [0, 0.05) is 11.1 Å². The van der Waals surface area contributed by atoms with Gasteiger partial charge in [0.05, 0.1) is 10.6 Å². The highest BCUT2D eigenvalue weighted by Gasteiger charge is 2.19. The second kappa shape index (κ2) is 6.58. The number of benzene rings is 1. The van der Waals surface area contributed by atoms with Gasteiger partial charge in [0.25, 0.3) is 11.8 Å². The van der Waals surface area contributed by atoms with Crippen LogP contribution in [0.15, 0.2) is 34.8 Å². The molecule has 0 bridgehead atoms. The van der Waals surface area contributed by atoms with E-state index in [0.717, 1.165) is 24.3 Å². The van der Waals surface area contributed by atoms with E-state index in [1.165, 1.54) is 0 Å². The van der Waals surface area contributed by atoms with Crippen LogP contribution in [0.1, 0.15) is 20.7 Å². The maximum absolute atomic E-state index is 11.5. The number of nitroso groups, excluding NO2 is 2. The first-order valence-electron chi connectivity index (χ1n) is 4.93. The third-order valence-corrected chi connectivity index (χ3v) is 2.17. The van der Waals surface area contributed by atoms with E-state index < -0.39 is 11.8 Å². The summed E-state index contributed by atoms with van der Waals surface area (Å²) in [5, 5.41) is 4.42. The minimum atomic E-state index is -0.991. The van der Waals surface area contributed by atoms with Crippen LogP contribution in [-0.2, 0) is 9.59 Å². The molecule has 0 spiro atoms. The number of imide groups is 2. The molecule has 0 aliphatic rings. The summed E-state index contributed by atoms with van der Waals surface area (Å²) < 4.78 is 0. The number of hydrogen-bond acceptors (Lipinski definition) is 8. The maximum Gasteiger partial charge on any atom is 0.283 e. The molecule has 0 aliphatic carbocycles. The predicted molar refractivity (Wildman–Crippen MR) is 62.5 cm³/mol. The van der Waals surface area contributed by atoms with Gasteiger partial charge in [0.15, 0.2) is 0 Å². The van der Waals surface area contributed by atoms with E-state index in [0.29, 0.717) is 0 Å². The fourth-order valence-electron chi connectivity index (χ4n) is 1.23. The van der Waals surface area contributed by atoms with E-state index in [1.54, 1.807) is 0 Å². The first kappa shape index (κ1) is 14.8. The third kappa shape index (κ3) is 2.93. The van der Waals surface area contributed by atoms with Crippen molar-refractivity contribution in [3.05, 3.63) is 45.2 Å². The topological polar surface area (TPSA) is 134 Å². The van der Waals surface area contributed by atoms with Crippen molar-refractivity contribution in [3.8, 4) is 0 Å². The molecule has 0 atom stereocenters. The van der Waals surface area contributed by atoms with Crippen LogP contribution in [0.2, 0.25) is 0 Å².